The van der Waals surface area contributed by atoms with Crippen LogP contribution in [0.4, 0.5) is 0 Å². The first-order chi connectivity index (χ1) is 18.1. The van der Waals surface area contributed by atoms with Crippen molar-refractivity contribution in [3.8, 4) is 17.6 Å². The maximum atomic E-state index is 13.6. The molecule has 0 amide bonds. The Balaban J connectivity index is 1.79. The quantitative estimate of drug-likeness (QED) is 0.437. The molecule has 3 heterocycles. The van der Waals surface area contributed by atoms with E-state index < -0.39 is 30.2 Å². The van der Waals surface area contributed by atoms with Crippen LogP contribution in [0.2, 0.25) is 0 Å². The number of ether oxygens (including phenoxy) is 3. The van der Waals surface area contributed by atoms with Crippen LogP contribution in [0.1, 0.15) is 36.6 Å². The molecule has 5 rings (SSSR count). The van der Waals surface area contributed by atoms with Crippen LogP contribution in [-0.2, 0) is 25.5 Å². The van der Waals surface area contributed by atoms with Gasteiger partial charge in [0.25, 0.3) is 0 Å². The highest BCUT2D eigenvalue weighted by Gasteiger charge is 2.54. The lowest BCUT2D eigenvalue weighted by atomic mass is 9.74. The van der Waals surface area contributed by atoms with Crippen LogP contribution in [0, 0.1) is 18.3 Å². The first kappa shape index (κ1) is 26.0. The average molecular weight is 522 g/mol. The Bertz CT molecular complexity index is 1380. The number of hydrogen-bond donors (Lipinski definition) is 2. The lowest BCUT2D eigenvalue weighted by Gasteiger charge is -2.57. The molecule has 1 saturated heterocycles. The number of nitrogens with zero attached hydrogens (tertiary/aromatic N) is 3. The van der Waals surface area contributed by atoms with Gasteiger partial charge >= 0.3 is 0 Å². The van der Waals surface area contributed by atoms with E-state index in [0.717, 1.165) is 11.1 Å². The predicted molar refractivity (Wildman–Crippen MR) is 135 cm³/mol. The van der Waals surface area contributed by atoms with Gasteiger partial charge in [-0.15, -0.1) is 0 Å². The molecule has 1 aliphatic carbocycles. The number of carbonyl (C=O) groups excluding carboxylic acids is 2. The van der Waals surface area contributed by atoms with E-state index in [1.165, 1.54) is 21.1 Å². The molecule has 38 heavy (non-hydrogen) atoms. The fourth-order valence-corrected chi connectivity index (χ4v) is 6.46. The number of hydrogen-bond acceptors (Lipinski definition) is 10. The van der Waals surface area contributed by atoms with Gasteiger partial charge in [0.15, 0.2) is 29.3 Å². The van der Waals surface area contributed by atoms with Gasteiger partial charge in [0.05, 0.1) is 39.0 Å². The summed E-state index contributed by atoms with van der Waals surface area (Å²) in [6, 6.07) is 2.03. The standard InChI is InChI=1S/C28H31N3O7/c1-12-7-15-8-17-19(10-29)31-18(23(30(17)4)21(15)25(34)27(12)36-5)9-16-22(20(31)11-38-14(3)32)26(35)28(37-6)13(2)24(16)33/h7,9,14,17,19-20,23,32,34H,8,11H2,1-6H3/t14?,17?,19-,20-,23?/m0/s1. The second kappa shape index (κ2) is 9.27. The first-order valence-electron chi connectivity index (χ1n) is 12.5. The average Bonchev–Trinajstić information content (AvgIpc) is 2.86. The van der Waals surface area contributed by atoms with Gasteiger partial charge in [-0.25, -0.2) is 0 Å². The monoisotopic (exact) mass is 521 g/mol. The number of methoxy groups -OCH3 is 2. The minimum absolute atomic E-state index is 0.00871. The van der Waals surface area contributed by atoms with E-state index in [9.17, 15) is 25.1 Å². The van der Waals surface area contributed by atoms with Crippen LogP contribution in [-0.4, -0.2) is 83.9 Å². The molecule has 10 nitrogen and oxygen atoms in total. The van der Waals surface area contributed by atoms with E-state index in [4.69, 9.17) is 14.2 Å². The summed E-state index contributed by atoms with van der Waals surface area (Å²) in [5.41, 5.74) is 3.48. The third kappa shape index (κ3) is 3.50. The molecule has 2 N–H and O–H groups in total. The Morgan fingerprint density at radius 1 is 1.21 bits per heavy atom. The third-order valence-corrected chi connectivity index (χ3v) is 8.10. The van der Waals surface area contributed by atoms with Crippen molar-refractivity contribution in [2.24, 2.45) is 0 Å². The molecule has 0 saturated carbocycles. The number of ketones is 2. The molecule has 5 atom stereocenters. The van der Waals surface area contributed by atoms with Crippen LogP contribution in [0.3, 0.4) is 0 Å². The molecular weight excluding hydrogens is 490 g/mol. The van der Waals surface area contributed by atoms with Crippen LogP contribution >= 0.6 is 0 Å². The number of phenolic OH excluding ortho intramolecular Hbond substituents is 1. The summed E-state index contributed by atoms with van der Waals surface area (Å²) < 4.78 is 16.4. The molecule has 1 fully saturated rings. The molecular formula is C28H31N3O7. The number of Topliss-reactive ketones (excluding diaryl/α,β-unsaturated/α-hetero) is 2. The van der Waals surface area contributed by atoms with Crippen molar-refractivity contribution in [1.82, 2.24) is 9.80 Å². The highest BCUT2D eigenvalue weighted by Crippen LogP contribution is 2.53. The zero-order valence-electron chi connectivity index (χ0n) is 22.2. The molecule has 2 bridgehead atoms. The summed E-state index contributed by atoms with van der Waals surface area (Å²) >= 11 is 0. The highest BCUT2D eigenvalue weighted by molar-refractivity contribution is 6.26. The smallest absolute Gasteiger partial charge is 0.226 e. The molecule has 0 aromatic heterocycles. The molecule has 3 unspecified atom stereocenters. The van der Waals surface area contributed by atoms with Gasteiger partial charge < -0.3 is 29.3 Å². The third-order valence-electron chi connectivity index (χ3n) is 8.10. The van der Waals surface area contributed by atoms with Gasteiger partial charge in [0.1, 0.15) is 6.04 Å². The predicted octanol–water partition coefficient (Wildman–Crippen LogP) is 1.80. The number of likely N-dealkylation sites (N-methyl/N-ethyl adjacent to an activating group) is 1. The second-order valence-electron chi connectivity index (χ2n) is 10.1. The molecule has 1 aromatic carbocycles. The van der Waals surface area contributed by atoms with Crippen LogP contribution in [0.5, 0.6) is 11.5 Å². The number of carbonyl (C=O) groups is 2. The number of fused-ring (bicyclic) bond motifs is 6. The number of rotatable bonds is 5. The minimum Gasteiger partial charge on any atom is -0.504 e. The zero-order valence-corrected chi connectivity index (χ0v) is 22.2. The van der Waals surface area contributed by atoms with Gasteiger partial charge in [-0.1, -0.05) is 6.07 Å². The van der Waals surface area contributed by atoms with Crippen molar-refractivity contribution in [3.63, 3.8) is 0 Å². The lowest BCUT2D eigenvalue weighted by Crippen LogP contribution is -2.65. The Morgan fingerprint density at radius 3 is 2.53 bits per heavy atom. The van der Waals surface area contributed by atoms with Gasteiger partial charge in [-0.3, -0.25) is 14.5 Å². The lowest BCUT2D eigenvalue weighted by molar-refractivity contribution is -0.123. The topological polar surface area (TPSA) is 133 Å². The molecule has 3 aliphatic heterocycles. The number of phenols is 1. The van der Waals surface area contributed by atoms with Crippen LogP contribution in [0.15, 0.2) is 40.3 Å². The number of aromatic hydroxyl groups is 1. The van der Waals surface area contributed by atoms with Crippen molar-refractivity contribution in [2.45, 2.75) is 57.6 Å². The Hall–Kier alpha value is -3.65. The molecule has 4 aliphatic rings. The summed E-state index contributed by atoms with van der Waals surface area (Å²) in [5.74, 6) is -0.475. The van der Waals surface area contributed by atoms with Crippen LogP contribution in [0.25, 0.3) is 0 Å². The minimum atomic E-state index is -1.13. The normalized spacial score (nSPS) is 27.3. The molecule has 0 radical (unpaired) electrons. The first-order valence-corrected chi connectivity index (χ1v) is 12.5. The van der Waals surface area contributed by atoms with Crippen molar-refractivity contribution in [2.75, 3.05) is 27.9 Å². The van der Waals surface area contributed by atoms with Gasteiger partial charge in [0, 0.05) is 34.0 Å². The van der Waals surface area contributed by atoms with E-state index in [0.29, 0.717) is 23.4 Å². The summed E-state index contributed by atoms with van der Waals surface area (Å²) in [4.78, 5) is 31.0. The highest BCUT2D eigenvalue weighted by atomic mass is 16.6. The van der Waals surface area contributed by atoms with E-state index in [-0.39, 0.29) is 46.7 Å². The summed E-state index contributed by atoms with van der Waals surface area (Å²) in [6.07, 6.45) is 1.01. The zero-order chi connectivity index (χ0) is 27.6. The fraction of sp³-hybridized carbons (Fsp3) is 0.464. The number of aryl methyl sites for hydroxylation is 1. The van der Waals surface area contributed by atoms with E-state index in [1.807, 2.05) is 29.8 Å². The number of piperazine rings is 1. The largest absolute Gasteiger partial charge is 0.504 e. The number of benzene rings is 1. The van der Waals surface area contributed by atoms with Crippen molar-refractivity contribution >= 4 is 11.6 Å². The maximum Gasteiger partial charge on any atom is 0.226 e. The van der Waals surface area contributed by atoms with E-state index >= 15 is 0 Å². The summed E-state index contributed by atoms with van der Waals surface area (Å²) in [6.45, 7) is 4.72. The number of aliphatic hydroxyl groups is 1. The molecule has 10 heteroatoms. The summed E-state index contributed by atoms with van der Waals surface area (Å²) in [5, 5.41) is 31.7. The number of nitriles is 1. The van der Waals surface area contributed by atoms with Crippen molar-refractivity contribution < 1.29 is 34.0 Å². The number of aliphatic hydroxyl groups excluding tert-OH is 1. The second-order valence-corrected chi connectivity index (χ2v) is 10.1. The summed E-state index contributed by atoms with van der Waals surface area (Å²) in [7, 11) is 4.73. The molecule has 200 valence electrons. The van der Waals surface area contributed by atoms with Gasteiger partial charge in [0.2, 0.25) is 5.78 Å². The van der Waals surface area contributed by atoms with E-state index in [1.54, 1.807) is 13.0 Å². The van der Waals surface area contributed by atoms with E-state index in [2.05, 4.69) is 6.07 Å². The Morgan fingerprint density at radius 2 is 1.92 bits per heavy atom. The Labute approximate surface area is 221 Å². The maximum absolute atomic E-state index is 13.6. The van der Waals surface area contributed by atoms with Gasteiger partial charge in [-0.05, 0) is 51.4 Å². The number of allylic oxidation sites excluding steroid dienone is 4. The van der Waals surface area contributed by atoms with Crippen LogP contribution < -0.4 is 4.74 Å². The molecule has 1 aromatic rings. The Kier molecular flexibility index (Phi) is 6.34. The SMILES string of the molecule is COC1=C(C)C(=O)C2=C(C1=O)[C@H](COC(C)O)N1C(=C2)C2c3c(cc(C)c(OC)c3O)CC([C@@H]1C#N)N2C. The van der Waals surface area contributed by atoms with Crippen molar-refractivity contribution in [3.05, 3.63) is 57.0 Å². The molecule has 0 spiro atoms. The fourth-order valence-electron chi connectivity index (χ4n) is 6.46. The van der Waals surface area contributed by atoms with Crippen molar-refractivity contribution in [1.29, 1.82) is 5.26 Å². The van der Waals surface area contributed by atoms with Gasteiger partial charge in [-0.2, -0.15) is 5.26 Å².